The fourth-order valence-corrected chi connectivity index (χ4v) is 7.86. The fourth-order valence-electron chi connectivity index (χ4n) is 7.86. The summed E-state index contributed by atoms with van der Waals surface area (Å²) in [6, 6.07) is 38.6. The van der Waals surface area contributed by atoms with Crippen LogP contribution in [0, 0.1) is 30.9 Å². The molecule has 0 atom stereocenters. The van der Waals surface area contributed by atoms with Crippen LogP contribution in [-0.2, 0) is 0 Å². The molecular formula is C51H43N5O3. The first-order valence-electron chi connectivity index (χ1n) is 20.0. The lowest BCUT2D eigenvalue weighted by Crippen LogP contribution is -1.99. The smallest absolute Gasteiger partial charge is 0.277 e. The van der Waals surface area contributed by atoms with Crippen LogP contribution < -0.4 is 4.74 Å². The lowest BCUT2D eigenvalue weighted by Gasteiger charge is -2.10. The second-order valence-corrected chi connectivity index (χ2v) is 15.2. The molecule has 8 bridgehead atoms. The number of rotatable bonds is 9. The van der Waals surface area contributed by atoms with Gasteiger partial charge in [0.25, 0.3) is 5.69 Å². The third-order valence-corrected chi connectivity index (χ3v) is 11.0. The van der Waals surface area contributed by atoms with Crippen molar-refractivity contribution in [1.29, 1.82) is 0 Å². The molecule has 3 aromatic heterocycles. The first-order chi connectivity index (χ1) is 28.7. The monoisotopic (exact) mass is 773 g/mol. The lowest BCUT2D eigenvalue weighted by molar-refractivity contribution is -0.384. The topological polar surface area (TPSA) is 110 Å². The van der Waals surface area contributed by atoms with E-state index in [1.54, 1.807) is 12.1 Å². The minimum atomic E-state index is -0.337. The third-order valence-electron chi connectivity index (χ3n) is 11.0. The Labute approximate surface area is 342 Å². The molecule has 8 heteroatoms. The van der Waals surface area contributed by atoms with Crippen LogP contribution in [0.3, 0.4) is 0 Å². The summed E-state index contributed by atoms with van der Waals surface area (Å²) >= 11 is 0. The van der Waals surface area contributed by atoms with Crippen molar-refractivity contribution in [1.82, 2.24) is 19.9 Å². The van der Waals surface area contributed by atoms with Crippen LogP contribution in [0.15, 0.2) is 115 Å². The van der Waals surface area contributed by atoms with E-state index in [4.69, 9.17) is 14.7 Å². The van der Waals surface area contributed by atoms with E-state index in [9.17, 15) is 10.1 Å². The fraction of sp³-hybridized carbons (Fsp3) is 0.137. The highest BCUT2D eigenvalue weighted by Gasteiger charge is 2.24. The van der Waals surface area contributed by atoms with Crippen LogP contribution in [0.4, 0.5) is 5.69 Å². The first kappa shape index (κ1) is 37.3. The molecule has 4 aromatic carbocycles. The molecule has 8 nitrogen and oxygen atoms in total. The minimum Gasteiger partial charge on any atom is -0.494 e. The van der Waals surface area contributed by atoms with E-state index in [-0.39, 0.29) is 10.6 Å². The van der Waals surface area contributed by atoms with Gasteiger partial charge in [0.05, 0.1) is 39.9 Å². The molecule has 2 N–H and O–H groups in total. The van der Waals surface area contributed by atoms with Gasteiger partial charge in [0, 0.05) is 50.4 Å². The third kappa shape index (κ3) is 7.25. The minimum absolute atomic E-state index is 0.0426. The van der Waals surface area contributed by atoms with Gasteiger partial charge in [-0.1, -0.05) is 103 Å². The van der Waals surface area contributed by atoms with Crippen LogP contribution in [0.2, 0.25) is 0 Å². The summed E-state index contributed by atoms with van der Waals surface area (Å²) in [5.41, 5.74) is 16.4. The number of nitro groups is 1. The summed E-state index contributed by atoms with van der Waals surface area (Å²) in [7, 11) is 0. The molecule has 0 unspecified atom stereocenters. The molecule has 2 aliphatic rings. The Morgan fingerprint density at radius 2 is 0.932 bits per heavy atom. The molecule has 0 aliphatic carbocycles. The predicted molar refractivity (Wildman–Crippen MR) is 242 cm³/mol. The quantitative estimate of drug-likeness (QED) is 0.0862. The Hall–Kier alpha value is -7.32. The van der Waals surface area contributed by atoms with Gasteiger partial charge in [-0.2, -0.15) is 0 Å². The number of unbranched alkanes of at least 4 members (excludes halogenated alkanes) is 1. The number of aromatic amines is 2. The standard InChI is InChI=1S/C51H43N5O3/c1-5-6-29-59-37-19-28-47(56(57)58)38(30-37)51-45-26-24-43(54-45)49(35-15-9-32(3)10-16-35)41-22-20-39(52-41)48(34-13-7-31(2)8-14-34)40-21-23-42(53-40)50(44-25-27-46(51)55-44)36-17-11-33(4)12-18-36/h7-28,30,52,55H,5-6,29H2,1-4H3. The number of benzene rings is 4. The summed E-state index contributed by atoms with van der Waals surface area (Å²) in [4.78, 5) is 30.7. The summed E-state index contributed by atoms with van der Waals surface area (Å²) < 4.78 is 6.14. The lowest BCUT2D eigenvalue weighted by atomic mass is 10.0. The highest BCUT2D eigenvalue weighted by molar-refractivity contribution is 6.00. The maximum absolute atomic E-state index is 12.8. The van der Waals surface area contributed by atoms with Gasteiger partial charge in [-0.3, -0.25) is 10.1 Å². The molecule has 0 amide bonds. The zero-order valence-corrected chi connectivity index (χ0v) is 33.5. The Morgan fingerprint density at radius 3 is 1.32 bits per heavy atom. The number of hydrogen-bond donors (Lipinski definition) is 2. The first-order valence-corrected chi connectivity index (χ1v) is 20.0. The highest BCUT2D eigenvalue weighted by Crippen LogP contribution is 2.41. The van der Waals surface area contributed by atoms with Crippen molar-refractivity contribution < 1.29 is 9.66 Å². The molecular weight excluding hydrogens is 731 g/mol. The van der Waals surface area contributed by atoms with Gasteiger partial charge >= 0.3 is 0 Å². The summed E-state index contributed by atoms with van der Waals surface area (Å²) in [5, 5.41) is 12.8. The zero-order valence-electron chi connectivity index (χ0n) is 33.5. The number of hydrogen-bond acceptors (Lipinski definition) is 5. The number of nitrogens with one attached hydrogen (secondary N) is 2. The molecule has 0 radical (unpaired) electrons. The molecule has 7 aromatic rings. The van der Waals surface area contributed by atoms with Crippen molar-refractivity contribution >= 4 is 52.1 Å². The molecule has 0 saturated carbocycles. The summed E-state index contributed by atoms with van der Waals surface area (Å²) in [6.07, 6.45) is 9.95. The second kappa shape index (κ2) is 15.6. The second-order valence-electron chi connectivity index (χ2n) is 15.2. The zero-order chi connectivity index (χ0) is 40.6. The number of ether oxygens (including phenoxy) is 1. The predicted octanol–water partition coefficient (Wildman–Crippen LogP) is 13.3. The largest absolute Gasteiger partial charge is 0.494 e. The van der Waals surface area contributed by atoms with Crippen LogP contribution in [-0.4, -0.2) is 31.5 Å². The van der Waals surface area contributed by atoms with Crippen molar-refractivity contribution in [2.45, 2.75) is 40.5 Å². The molecule has 0 saturated heterocycles. The summed E-state index contributed by atoms with van der Waals surface area (Å²) in [6.45, 7) is 8.85. The molecule has 0 fully saturated rings. The Morgan fingerprint density at radius 1 is 0.542 bits per heavy atom. The van der Waals surface area contributed by atoms with Gasteiger partial charge in [0.2, 0.25) is 0 Å². The maximum atomic E-state index is 12.8. The van der Waals surface area contributed by atoms with Crippen LogP contribution in [0.25, 0.3) is 90.9 Å². The molecule has 5 heterocycles. The molecule has 9 rings (SSSR count). The number of H-pyrrole nitrogens is 2. The molecule has 0 spiro atoms. The normalized spacial score (nSPS) is 11.9. The molecule has 290 valence electrons. The van der Waals surface area contributed by atoms with Gasteiger partial charge in [0.15, 0.2) is 0 Å². The number of aromatic nitrogens is 4. The van der Waals surface area contributed by atoms with Crippen molar-refractivity contribution in [2.24, 2.45) is 0 Å². The number of nitro benzene ring substituents is 1. The van der Waals surface area contributed by atoms with Crippen molar-refractivity contribution in [3.63, 3.8) is 0 Å². The van der Waals surface area contributed by atoms with Gasteiger partial charge in [-0.25, -0.2) is 9.97 Å². The number of nitrogens with zero attached hydrogens (tertiary/aromatic N) is 3. The number of fused-ring (bicyclic) bond motifs is 8. The van der Waals surface area contributed by atoms with E-state index in [0.717, 1.165) is 91.0 Å². The average molecular weight is 774 g/mol. The highest BCUT2D eigenvalue weighted by atomic mass is 16.6. The van der Waals surface area contributed by atoms with E-state index in [0.29, 0.717) is 34.7 Å². The SMILES string of the molecule is CCCCOc1ccc([N+](=O)[O-])c(-c2c3nc(c(-c4ccc(C)cc4)c4ccc([nH]4)c(-c4ccc(C)cc4)c4nc(c(-c5ccc(C)cc5)c5ccc2[nH]5)C=C4)C=C3)c1. The van der Waals surface area contributed by atoms with E-state index >= 15 is 0 Å². The Balaban J connectivity index is 1.45. The molecule has 59 heavy (non-hydrogen) atoms. The maximum Gasteiger partial charge on any atom is 0.277 e. The summed E-state index contributed by atoms with van der Waals surface area (Å²) in [5.74, 6) is 0.559. The van der Waals surface area contributed by atoms with Gasteiger partial charge in [0.1, 0.15) is 5.75 Å². The average Bonchev–Trinajstić information content (AvgIpc) is 4.08. The number of aryl methyl sites for hydroxylation is 3. The van der Waals surface area contributed by atoms with E-state index in [1.807, 2.05) is 24.3 Å². The van der Waals surface area contributed by atoms with Gasteiger partial charge in [-0.15, -0.1) is 0 Å². The van der Waals surface area contributed by atoms with Crippen LogP contribution in [0.1, 0.15) is 59.2 Å². The van der Waals surface area contributed by atoms with Crippen molar-refractivity contribution in [2.75, 3.05) is 6.61 Å². The van der Waals surface area contributed by atoms with Crippen molar-refractivity contribution in [3.05, 3.63) is 165 Å². The van der Waals surface area contributed by atoms with Gasteiger partial charge < -0.3 is 14.7 Å². The van der Waals surface area contributed by atoms with Gasteiger partial charge in [-0.05, 0) is 105 Å². The van der Waals surface area contributed by atoms with Crippen LogP contribution >= 0.6 is 0 Å². The van der Waals surface area contributed by atoms with Crippen molar-refractivity contribution in [3.8, 4) is 50.3 Å². The van der Waals surface area contributed by atoms with E-state index < -0.39 is 0 Å². The van der Waals surface area contributed by atoms with E-state index in [2.05, 4.69) is 135 Å². The van der Waals surface area contributed by atoms with Crippen LogP contribution in [0.5, 0.6) is 5.75 Å². The van der Waals surface area contributed by atoms with E-state index in [1.165, 1.54) is 11.6 Å². The Kier molecular flexibility index (Phi) is 9.82. The Bertz CT molecular complexity index is 2950. The molecule has 2 aliphatic heterocycles.